The second-order valence-corrected chi connectivity index (χ2v) is 5.83. The number of amides is 1. The third-order valence-electron chi connectivity index (χ3n) is 3.75. The number of hydrogen-bond acceptors (Lipinski definition) is 3. The summed E-state index contributed by atoms with van der Waals surface area (Å²) in [5, 5.41) is 7.09. The van der Waals surface area contributed by atoms with Crippen molar-refractivity contribution in [3.05, 3.63) is 64.7 Å². The van der Waals surface area contributed by atoms with E-state index in [2.05, 4.69) is 21.7 Å². The van der Waals surface area contributed by atoms with Crippen LogP contribution in [0.15, 0.2) is 53.5 Å². The van der Waals surface area contributed by atoms with Crippen LogP contribution in [-0.2, 0) is 4.79 Å². The number of rotatable bonds is 2. The topological polar surface area (TPSA) is 46.9 Å². The van der Waals surface area contributed by atoms with Crippen LogP contribution in [0.1, 0.15) is 23.6 Å². The molecule has 0 saturated heterocycles. The van der Waals surface area contributed by atoms with E-state index in [0.29, 0.717) is 6.42 Å². The lowest BCUT2D eigenvalue weighted by Gasteiger charge is -2.22. The molecule has 0 bridgehead atoms. The van der Waals surface area contributed by atoms with E-state index in [4.69, 9.17) is 0 Å². The number of carbonyl (C=O) groups excluding carboxylic acids is 1. The summed E-state index contributed by atoms with van der Waals surface area (Å²) in [6, 6.07) is 12.0. The maximum atomic E-state index is 12.1. The standard InChI is InChI=1S/C16H13N3OS/c20-14-8-13(11-6-7-21-9-11)15-16(18-14)19(10-17-15)12-4-2-1-3-5-12/h1-7,9-10,13H,8H2,(H,18,20). The summed E-state index contributed by atoms with van der Waals surface area (Å²) in [5.74, 6) is 0.870. The molecule has 1 amide bonds. The van der Waals surface area contributed by atoms with E-state index in [9.17, 15) is 4.79 Å². The van der Waals surface area contributed by atoms with Crippen molar-refractivity contribution in [2.45, 2.75) is 12.3 Å². The normalized spacial score (nSPS) is 17.3. The molecule has 0 aliphatic carbocycles. The summed E-state index contributed by atoms with van der Waals surface area (Å²) in [6.45, 7) is 0. The van der Waals surface area contributed by atoms with Gasteiger partial charge in [-0.2, -0.15) is 11.3 Å². The Morgan fingerprint density at radius 3 is 2.86 bits per heavy atom. The van der Waals surface area contributed by atoms with E-state index in [1.54, 1.807) is 17.7 Å². The highest BCUT2D eigenvalue weighted by Crippen LogP contribution is 2.37. The van der Waals surface area contributed by atoms with Gasteiger partial charge in [-0.05, 0) is 34.5 Å². The second-order valence-electron chi connectivity index (χ2n) is 5.05. The van der Waals surface area contributed by atoms with E-state index < -0.39 is 0 Å². The van der Waals surface area contributed by atoms with Gasteiger partial charge in [0.15, 0.2) is 0 Å². The first-order chi connectivity index (χ1) is 10.3. The number of hydrogen-bond donors (Lipinski definition) is 1. The molecule has 0 spiro atoms. The molecule has 1 unspecified atom stereocenters. The Labute approximate surface area is 126 Å². The molecular weight excluding hydrogens is 282 g/mol. The van der Waals surface area contributed by atoms with Gasteiger partial charge in [0.1, 0.15) is 12.1 Å². The SMILES string of the molecule is O=C1CC(c2ccsc2)c2ncn(-c3ccccc3)c2N1. The number of para-hydroxylation sites is 1. The van der Waals surface area contributed by atoms with Gasteiger partial charge >= 0.3 is 0 Å². The Balaban J connectivity index is 1.84. The van der Waals surface area contributed by atoms with Gasteiger partial charge in [0.05, 0.1) is 5.69 Å². The van der Waals surface area contributed by atoms with Gasteiger partial charge in [-0.3, -0.25) is 9.36 Å². The summed E-state index contributed by atoms with van der Waals surface area (Å²) in [6.07, 6.45) is 2.24. The number of thiophene rings is 1. The number of carbonyl (C=O) groups is 1. The molecule has 1 aliphatic heterocycles. The minimum absolute atomic E-state index is 0.0383. The number of anilines is 1. The van der Waals surface area contributed by atoms with E-state index in [1.165, 1.54) is 0 Å². The molecule has 2 aromatic heterocycles. The second kappa shape index (κ2) is 4.86. The predicted octanol–water partition coefficient (Wildman–Crippen LogP) is 3.41. The van der Waals surface area contributed by atoms with Gasteiger partial charge in [0, 0.05) is 18.0 Å². The molecule has 21 heavy (non-hydrogen) atoms. The fourth-order valence-corrected chi connectivity index (χ4v) is 3.45. The van der Waals surface area contributed by atoms with E-state index in [1.807, 2.05) is 40.3 Å². The third kappa shape index (κ3) is 2.06. The summed E-state index contributed by atoms with van der Waals surface area (Å²) < 4.78 is 1.94. The Morgan fingerprint density at radius 1 is 1.24 bits per heavy atom. The lowest BCUT2D eigenvalue weighted by Crippen LogP contribution is -2.24. The van der Waals surface area contributed by atoms with E-state index in [-0.39, 0.29) is 11.8 Å². The molecule has 5 heteroatoms. The number of fused-ring (bicyclic) bond motifs is 1. The van der Waals surface area contributed by atoms with Gasteiger partial charge < -0.3 is 5.32 Å². The molecule has 1 atom stereocenters. The molecule has 104 valence electrons. The molecule has 0 saturated carbocycles. The summed E-state index contributed by atoms with van der Waals surface area (Å²) >= 11 is 1.65. The van der Waals surface area contributed by atoms with Gasteiger partial charge in [-0.1, -0.05) is 18.2 Å². The van der Waals surface area contributed by atoms with Gasteiger partial charge in [-0.15, -0.1) is 0 Å². The predicted molar refractivity (Wildman–Crippen MR) is 83.0 cm³/mol. The summed E-state index contributed by atoms with van der Waals surface area (Å²) in [5.41, 5.74) is 3.10. The minimum atomic E-state index is 0.0383. The van der Waals surface area contributed by atoms with Crippen LogP contribution < -0.4 is 5.32 Å². The zero-order chi connectivity index (χ0) is 14.2. The highest BCUT2D eigenvalue weighted by molar-refractivity contribution is 7.08. The number of benzene rings is 1. The molecule has 1 aromatic carbocycles. The van der Waals surface area contributed by atoms with Crippen molar-refractivity contribution in [1.82, 2.24) is 9.55 Å². The van der Waals surface area contributed by atoms with Gasteiger partial charge in [0.2, 0.25) is 5.91 Å². The highest BCUT2D eigenvalue weighted by atomic mass is 32.1. The Morgan fingerprint density at radius 2 is 2.10 bits per heavy atom. The van der Waals surface area contributed by atoms with Crippen LogP contribution in [0.3, 0.4) is 0 Å². The maximum Gasteiger partial charge on any atom is 0.226 e. The fraction of sp³-hybridized carbons (Fsp3) is 0.125. The molecular formula is C16H13N3OS. The molecule has 0 fully saturated rings. The quantitative estimate of drug-likeness (QED) is 0.787. The molecule has 0 radical (unpaired) electrons. The van der Waals surface area contributed by atoms with Crippen LogP contribution in [0.4, 0.5) is 5.82 Å². The molecule has 1 aliphatic rings. The van der Waals surface area contributed by atoms with Gasteiger partial charge in [0.25, 0.3) is 0 Å². The Bertz CT molecular complexity index is 777. The zero-order valence-corrected chi connectivity index (χ0v) is 12.0. The number of nitrogens with zero attached hydrogens (tertiary/aromatic N) is 2. The third-order valence-corrected chi connectivity index (χ3v) is 4.45. The lowest BCUT2D eigenvalue weighted by molar-refractivity contribution is -0.116. The zero-order valence-electron chi connectivity index (χ0n) is 11.2. The molecule has 3 aromatic rings. The maximum absolute atomic E-state index is 12.1. The van der Waals surface area contributed by atoms with Crippen molar-refractivity contribution >= 4 is 23.1 Å². The van der Waals surface area contributed by atoms with Crippen LogP contribution in [0.5, 0.6) is 0 Å². The average Bonchev–Trinajstić information content (AvgIpc) is 3.17. The lowest BCUT2D eigenvalue weighted by atomic mass is 9.92. The summed E-state index contributed by atoms with van der Waals surface area (Å²) in [4.78, 5) is 16.6. The first kappa shape index (κ1) is 12.3. The molecule has 1 N–H and O–H groups in total. The van der Waals surface area contributed by atoms with Crippen molar-refractivity contribution in [3.8, 4) is 5.69 Å². The molecule has 4 rings (SSSR count). The van der Waals surface area contributed by atoms with Crippen molar-refractivity contribution in [2.75, 3.05) is 5.32 Å². The van der Waals surface area contributed by atoms with Crippen LogP contribution in [-0.4, -0.2) is 15.5 Å². The Hall–Kier alpha value is -2.40. The number of nitrogens with one attached hydrogen (secondary N) is 1. The van der Waals surface area contributed by atoms with Crippen LogP contribution in [0, 0.1) is 0 Å². The number of imidazole rings is 1. The van der Waals surface area contributed by atoms with Crippen LogP contribution in [0.2, 0.25) is 0 Å². The van der Waals surface area contributed by atoms with E-state index in [0.717, 1.165) is 22.8 Å². The smallest absolute Gasteiger partial charge is 0.226 e. The summed E-state index contributed by atoms with van der Waals surface area (Å²) in [7, 11) is 0. The van der Waals surface area contributed by atoms with E-state index >= 15 is 0 Å². The monoisotopic (exact) mass is 295 g/mol. The minimum Gasteiger partial charge on any atom is -0.310 e. The largest absolute Gasteiger partial charge is 0.310 e. The Kier molecular flexibility index (Phi) is 2.86. The van der Waals surface area contributed by atoms with Crippen LogP contribution in [0.25, 0.3) is 5.69 Å². The number of aromatic nitrogens is 2. The highest BCUT2D eigenvalue weighted by Gasteiger charge is 2.31. The fourth-order valence-electron chi connectivity index (χ4n) is 2.74. The first-order valence-corrected chi connectivity index (χ1v) is 7.72. The van der Waals surface area contributed by atoms with Crippen LogP contribution >= 0.6 is 11.3 Å². The van der Waals surface area contributed by atoms with Crippen molar-refractivity contribution in [2.24, 2.45) is 0 Å². The molecule has 3 heterocycles. The van der Waals surface area contributed by atoms with Crippen molar-refractivity contribution < 1.29 is 4.79 Å². The molecule has 4 nitrogen and oxygen atoms in total. The van der Waals surface area contributed by atoms with Crippen molar-refractivity contribution in [1.29, 1.82) is 0 Å². The van der Waals surface area contributed by atoms with Crippen molar-refractivity contribution in [3.63, 3.8) is 0 Å². The average molecular weight is 295 g/mol. The van der Waals surface area contributed by atoms with Gasteiger partial charge in [-0.25, -0.2) is 4.98 Å². The first-order valence-electron chi connectivity index (χ1n) is 6.77.